The molecule has 3 nitrogen and oxygen atoms in total. The van der Waals surface area contributed by atoms with E-state index in [1.807, 2.05) is 12.3 Å². The number of aromatic nitrogens is 1. The third-order valence-corrected chi connectivity index (χ3v) is 2.60. The van der Waals surface area contributed by atoms with E-state index in [0.29, 0.717) is 18.1 Å². The molecule has 1 fully saturated rings. The van der Waals surface area contributed by atoms with Gasteiger partial charge in [0.25, 0.3) is 0 Å². The summed E-state index contributed by atoms with van der Waals surface area (Å²) in [5.41, 5.74) is 2.65. The number of fused-ring (bicyclic) bond motifs is 1. The van der Waals surface area contributed by atoms with Gasteiger partial charge in [-0.25, -0.2) is 4.79 Å². The minimum absolute atomic E-state index is 0.218. The molecule has 2 aliphatic rings. The Morgan fingerprint density at radius 1 is 1.46 bits per heavy atom. The first-order valence-electron chi connectivity index (χ1n) is 4.50. The number of rotatable bonds is 1. The molecule has 0 unspecified atom stereocenters. The van der Waals surface area contributed by atoms with Gasteiger partial charge in [-0.15, -0.1) is 0 Å². The minimum atomic E-state index is -0.218. The molecule has 2 heterocycles. The number of hydrogen-bond acceptors (Lipinski definition) is 3. The molecule has 0 spiro atoms. The Balaban J connectivity index is 2.09. The molecule has 0 bridgehead atoms. The summed E-state index contributed by atoms with van der Waals surface area (Å²) in [5, 5.41) is 0. The fourth-order valence-electron chi connectivity index (χ4n) is 1.65. The summed E-state index contributed by atoms with van der Waals surface area (Å²) in [4.78, 5) is 15.4. The van der Waals surface area contributed by atoms with Crippen molar-refractivity contribution < 1.29 is 9.53 Å². The average Bonchev–Trinajstić information content (AvgIpc) is 2.93. The maximum atomic E-state index is 11.2. The number of ether oxygens (including phenoxy) is 1. The summed E-state index contributed by atoms with van der Waals surface area (Å²) in [6.45, 7) is 0.346. The van der Waals surface area contributed by atoms with Crippen molar-refractivity contribution in [1.29, 1.82) is 0 Å². The van der Waals surface area contributed by atoms with E-state index < -0.39 is 0 Å². The first-order valence-corrected chi connectivity index (χ1v) is 4.50. The first kappa shape index (κ1) is 7.06. The summed E-state index contributed by atoms with van der Waals surface area (Å²) in [6.07, 6.45) is 4.34. The Labute approximate surface area is 75.7 Å². The van der Waals surface area contributed by atoms with Gasteiger partial charge in [0.05, 0.1) is 11.3 Å². The van der Waals surface area contributed by atoms with Gasteiger partial charge in [0, 0.05) is 6.20 Å². The van der Waals surface area contributed by atoms with E-state index in [4.69, 9.17) is 4.74 Å². The van der Waals surface area contributed by atoms with Crippen LogP contribution in [0.5, 0.6) is 0 Å². The van der Waals surface area contributed by atoms with Gasteiger partial charge in [-0.1, -0.05) is 0 Å². The van der Waals surface area contributed by atoms with Crippen molar-refractivity contribution >= 4 is 5.97 Å². The van der Waals surface area contributed by atoms with Crippen LogP contribution in [0, 0.1) is 0 Å². The van der Waals surface area contributed by atoms with Crippen LogP contribution in [0.25, 0.3) is 0 Å². The largest absolute Gasteiger partial charge is 0.456 e. The average molecular weight is 175 g/mol. The number of carbonyl (C=O) groups excluding carboxylic acids is 1. The van der Waals surface area contributed by atoms with Gasteiger partial charge < -0.3 is 4.74 Å². The maximum absolute atomic E-state index is 11.2. The van der Waals surface area contributed by atoms with Crippen LogP contribution < -0.4 is 0 Å². The molecular weight excluding hydrogens is 166 g/mol. The fourth-order valence-corrected chi connectivity index (χ4v) is 1.65. The zero-order chi connectivity index (χ0) is 8.84. The summed E-state index contributed by atoms with van der Waals surface area (Å²) < 4.78 is 4.88. The van der Waals surface area contributed by atoms with E-state index in [2.05, 4.69) is 4.98 Å². The van der Waals surface area contributed by atoms with Gasteiger partial charge in [0.15, 0.2) is 0 Å². The van der Waals surface area contributed by atoms with Crippen LogP contribution in [-0.2, 0) is 11.3 Å². The molecule has 0 atom stereocenters. The lowest BCUT2D eigenvalue weighted by Crippen LogP contribution is -1.96. The van der Waals surface area contributed by atoms with Crippen LogP contribution in [-0.4, -0.2) is 11.0 Å². The Morgan fingerprint density at radius 3 is 3.08 bits per heavy atom. The maximum Gasteiger partial charge on any atom is 0.340 e. The van der Waals surface area contributed by atoms with Gasteiger partial charge in [0.2, 0.25) is 0 Å². The molecule has 0 N–H and O–H groups in total. The van der Waals surface area contributed by atoms with Crippen molar-refractivity contribution in [1.82, 2.24) is 4.98 Å². The second-order valence-corrected chi connectivity index (χ2v) is 3.61. The molecule has 3 rings (SSSR count). The van der Waals surface area contributed by atoms with Crippen LogP contribution in [0.15, 0.2) is 12.3 Å². The van der Waals surface area contributed by atoms with Crippen molar-refractivity contribution in [3.63, 3.8) is 0 Å². The molecular formula is C10H9NO2. The van der Waals surface area contributed by atoms with Crippen LogP contribution in [0.2, 0.25) is 0 Å². The first-order chi connectivity index (χ1) is 6.34. The molecule has 0 saturated heterocycles. The SMILES string of the molecule is O=C1OCc2ncc(C3CC3)cc21. The molecule has 1 aliphatic heterocycles. The van der Waals surface area contributed by atoms with Gasteiger partial charge >= 0.3 is 5.97 Å². The van der Waals surface area contributed by atoms with Crippen LogP contribution in [0.1, 0.15) is 40.4 Å². The monoisotopic (exact) mass is 175 g/mol. The number of nitrogens with zero attached hydrogens (tertiary/aromatic N) is 1. The second-order valence-electron chi connectivity index (χ2n) is 3.61. The zero-order valence-electron chi connectivity index (χ0n) is 7.12. The second kappa shape index (κ2) is 2.31. The molecule has 0 aromatic carbocycles. The lowest BCUT2D eigenvalue weighted by molar-refractivity contribution is 0.0533. The summed E-state index contributed by atoms with van der Waals surface area (Å²) >= 11 is 0. The van der Waals surface area contributed by atoms with Gasteiger partial charge in [-0.2, -0.15) is 0 Å². The number of esters is 1. The Bertz CT molecular complexity index is 383. The highest BCUT2D eigenvalue weighted by molar-refractivity contribution is 5.92. The third-order valence-electron chi connectivity index (χ3n) is 2.60. The number of pyridine rings is 1. The van der Waals surface area contributed by atoms with Gasteiger partial charge in [-0.3, -0.25) is 4.98 Å². The topological polar surface area (TPSA) is 39.2 Å². The standard InChI is InChI=1S/C10H9NO2/c12-10-8-3-7(6-1-2-6)4-11-9(8)5-13-10/h3-4,6H,1-2,5H2. The van der Waals surface area contributed by atoms with Crippen LogP contribution in [0.4, 0.5) is 0 Å². The molecule has 1 aliphatic carbocycles. The van der Waals surface area contributed by atoms with E-state index in [0.717, 1.165) is 5.69 Å². The minimum Gasteiger partial charge on any atom is -0.456 e. The molecule has 13 heavy (non-hydrogen) atoms. The third kappa shape index (κ3) is 1.03. The summed E-state index contributed by atoms with van der Waals surface area (Å²) in [7, 11) is 0. The van der Waals surface area contributed by atoms with Crippen molar-refractivity contribution in [3.05, 3.63) is 29.1 Å². The lowest BCUT2D eigenvalue weighted by atomic mass is 10.1. The predicted molar refractivity (Wildman–Crippen MR) is 45.3 cm³/mol. The number of carbonyl (C=O) groups is 1. The van der Waals surface area contributed by atoms with Crippen molar-refractivity contribution in [2.75, 3.05) is 0 Å². The highest BCUT2D eigenvalue weighted by Gasteiger charge is 2.28. The molecule has 1 saturated carbocycles. The number of hydrogen-bond donors (Lipinski definition) is 0. The predicted octanol–water partition coefficient (Wildman–Crippen LogP) is 1.63. The molecule has 66 valence electrons. The zero-order valence-corrected chi connectivity index (χ0v) is 7.12. The molecule has 0 amide bonds. The van der Waals surface area contributed by atoms with E-state index >= 15 is 0 Å². The highest BCUT2D eigenvalue weighted by Crippen LogP contribution is 2.40. The molecule has 3 heteroatoms. The highest BCUT2D eigenvalue weighted by atomic mass is 16.5. The van der Waals surface area contributed by atoms with Crippen LogP contribution >= 0.6 is 0 Å². The molecule has 0 radical (unpaired) electrons. The Hall–Kier alpha value is -1.38. The summed E-state index contributed by atoms with van der Waals surface area (Å²) in [6, 6.07) is 1.94. The molecule has 1 aromatic heterocycles. The van der Waals surface area contributed by atoms with Crippen molar-refractivity contribution in [2.45, 2.75) is 25.4 Å². The van der Waals surface area contributed by atoms with Gasteiger partial charge in [0.1, 0.15) is 6.61 Å². The van der Waals surface area contributed by atoms with Crippen LogP contribution in [0.3, 0.4) is 0 Å². The summed E-state index contributed by atoms with van der Waals surface area (Å²) in [5.74, 6) is 0.427. The number of cyclic esters (lactones) is 1. The Morgan fingerprint density at radius 2 is 2.31 bits per heavy atom. The van der Waals surface area contributed by atoms with E-state index in [-0.39, 0.29) is 5.97 Å². The van der Waals surface area contributed by atoms with Crippen molar-refractivity contribution in [3.8, 4) is 0 Å². The molecule has 1 aromatic rings. The van der Waals surface area contributed by atoms with Gasteiger partial charge in [-0.05, 0) is 30.4 Å². The lowest BCUT2D eigenvalue weighted by Gasteiger charge is -1.98. The van der Waals surface area contributed by atoms with Crippen molar-refractivity contribution in [2.24, 2.45) is 0 Å². The Kier molecular flexibility index (Phi) is 1.26. The quantitative estimate of drug-likeness (QED) is 0.609. The smallest absolute Gasteiger partial charge is 0.340 e. The van der Waals surface area contributed by atoms with E-state index in [9.17, 15) is 4.79 Å². The van der Waals surface area contributed by atoms with E-state index in [1.165, 1.54) is 18.4 Å². The fraction of sp³-hybridized carbons (Fsp3) is 0.400. The normalized spacial score (nSPS) is 19.8. The van der Waals surface area contributed by atoms with E-state index in [1.54, 1.807) is 0 Å².